The summed E-state index contributed by atoms with van der Waals surface area (Å²) in [6.07, 6.45) is 11.8. The second kappa shape index (κ2) is 15.4. The highest BCUT2D eigenvalue weighted by Gasteiger charge is 2.24. The summed E-state index contributed by atoms with van der Waals surface area (Å²) >= 11 is 0. The van der Waals surface area contributed by atoms with Gasteiger partial charge in [-0.05, 0) is 88.2 Å². The smallest absolute Gasteiger partial charge is 0.271 e. The summed E-state index contributed by atoms with van der Waals surface area (Å²) in [6.45, 7) is 7.16. The number of hydrogen-bond acceptors (Lipinski definition) is 5. The van der Waals surface area contributed by atoms with Crippen LogP contribution in [0.15, 0.2) is 30.3 Å². The molecule has 1 amide bonds. The van der Waals surface area contributed by atoms with E-state index < -0.39 is 0 Å². The quantitative estimate of drug-likeness (QED) is 0.388. The summed E-state index contributed by atoms with van der Waals surface area (Å²) in [4.78, 5) is 15.4. The Balaban J connectivity index is 0.00000228. The molecule has 2 aliphatic rings. The predicted octanol–water partition coefficient (Wildman–Crippen LogP) is 6.26. The van der Waals surface area contributed by atoms with Crippen LogP contribution in [0, 0.1) is 0 Å². The molecule has 0 spiro atoms. The fraction of sp³-hybridized carbons (Fsp3) is 0.607. The standard InChI is InChI=1S/C28H40N4O2.2ClH/c1-3-5-13-26-25(21-14-16-24(17-15-21)34-23-11-7-6-8-12-23)19-27(31-30-26)28(33)29-20-22-10-9-18-32(22)4-2;;/h14-17,19,22-23H,3-13,18,20H2,1-2H3,(H,29,33);2*1H/t22-;;/m0../s1. The van der Waals surface area contributed by atoms with Crippen LogP contribution in [0.25, 0.3) is 11.1 Å². The third kappa shape index (κ3) is 8.06. The van der Waals surface area contributed by atoms with Crippen LogP contribution in [0.3, 0.4) is 0 Å². The summed E-state index contributed by atoms with van der Waals surface area (Å²) in [7, 11) is 0. The molecule has 36 heavy (non-hydrogen) atoms. The molecule has 2 fully saturated rings. The molecule has 8 heteroatoms. The number of amides is 1. The zero-order valence-corrected chi connectivity index (χ0v) is 23.3. The Labute approximate surface area is 228 Å². The van der Waals surface area contributed by atoms with E-state index >= 15 is 0 Å². The summed E-state index contributed by atoms with van der Waals surface area (Å²) < 4.78 is 6.21. The Morgan fingerprint density at radius 3 is 2.47 bits per heavy atom. The molecular formula is C28H42Cl2N4O2. The van der Waals surface area contributed by atoms with Gasteiger partial charge in [-0.1, -0.05) is 38.8 Å². The van der Waals surface area contributed by atoms with Crippen molar-refractivity contribution in [1.29, 1.82) is 0 Å². The summed E-state index contributed by atoms with van der Waals surface area (Å²) in [6, 6.07) is 10.6. The van der Waals surface area contributed by atoms with Crippen molar-refractivity contribution in [1.82, 2.24) is 20.4 Å². The molecule has 1 saturated heterocycles. The van der Waals surface area contributed by atoms with Crippen molar-refractivity contribution in [2.75, 3.05) is 19.6 Å². The van der Waals surface area contributed by atoms with Gasteiger partial charge in [0.05, 0.1) is 11.8 Å². The van der Waals surface area contributed by atoms with E-state index in [4.69, 9.17) is 4.74 Å². The molecule has 1 aliphatic carbocycles. The Morgan fingerprint density at radius 1 is 1.03 bits per heavy atom. The van der Waals surface area contributed by atoms with Gasteiger partial charge < -0.3 is 10.1 Å². The van der Waals surface area contributed by atoms with Crippen molar-refractivity contribution in [3.8, 4) is 16.9 Å². The second-order valence-electron chi connectivity index (χ2n) is 9.73. The number of halogens is 2. The highest BCUT2D eigenvalue weighted by atomic mass is 35.5. The second-order valence-corrected chi connectivity index (χ2v) is 9.73. The number of nitrogens with zero attached hydrogens (tertiary/aromatic N) is 3. The number of carbonyl (C=O) groups excluding carboxylic acids is 1. The molecule has 6 nitrogen and oxygen atoms in total. The Hall–Kier alpha value is -1.89. The maximum atomic E-state index is 12.9. The van der Waals surface area contributed by atoms with Crippen LogP contribution in [0.2, 0.25) is 0 Å². The van der Waals surface area contributed by atoms with Gasteiger partial charge in [0.1, 0.15) is 5.75 Å². The van der Waals surface area contributed by atoms with Gasteiger partial charge in [0.25, 0.3) is 5.91 Å². The zero-order chi connectivity index (χ0) is 23.8. The van der Waals surface area contributed by atoms with E-state index in [0.717, 1.165) is 74.2 Å². The molecule has 0 radical (unpaired) electrons. The number of hydrogen-bond donors (Lipinski definition) is 1. The van der Waals surface area contributed by atoms with Gasteiger partial charge in [-0.2, -0.15) is 5.10 Å². The van der Waals surface area contributed by atoms with Crippen molar-refractivity contribution in [2.45, 2.75) is 90.2 Å². The van der Waals surface area contributed by atoms with Gasteiger partial charge in [0.2, 0.25) is 0 Å². The molecule has 2 heterocycles. The fourth-order valence-corrected chi connectivity index (χ4v) is 5.24. The van der Waals surface area contributed by atoms with Gasteiger partial charge >= 0.3 is 0 Å². The van der Waals surface area contributed by atoms with E-state index in [1.807, 2.05) is 18.2 Å². The summed E-state index contributed by atoms with van der Waals surface area (Å²) in [5.74, 6) is 0.777. The van der Waals surface area contributed by atoms with Crippen molar-refractivity contribution in [3.63, 3.8) is 0 Å². The lowest BCUT2D eigenvalue weighted by Gasteiger charge is -2.23. The lowest BCUT2D eigenvalue weighted by atomic mass is 9.97. The van der Waals surface area contributed by atoms with Crippen LogP contribution in [-0.2, 0) is 6.42 Å². The monoisotopic (exact) mass is 536 g/mol. The van der Waals surface area contributed by atoms with Crippen LogP contribution in [0.1, 0.15) is 87.8 Å². The first-order valence-corrected chi connectivity index (χ1v) is 13.3. The molecule has 2 aromatic rings. The van der Waals surface area contributed by atoms with Crippen molar-refractivity contribution < 1.29 is 9.53 Å². The minimum atomic E-state index is -0.143. The molecule has 0 bridgehead atoms. The Bertz CT molecular complexity index is 936. The molecule has 1 aliphatic heterocycles. The number of aromatic nitrogens is 2. The zero-order valence-electron chi connectivity index (χ0n) is 21.7. The normalized spacial score (nSPS) is 18.2. The fourth-order valence-electron chi connectivity index (χ4n) is 5.24. The lowest BCUT2D eigenvalue weighted by molar-refractivity contribution is 0.0935. The SMILES string of the molecule is CCCCc1nnc(C(=O)NC[C@@H]2CCCN2CC)cc1-c1ccc(OC2CCCCC2)cc1.Cl.Cl. The number of rotatable bonds is 10. The first kappa shape index (κ1) is 30.3. The lowest BCUT2D eigenvalue weighted by Crippen LogP contribution is -2.40. The molecule has 1 saturated carbocycles. The number of ether oxygens (including phenoxy) is 1. The Morgan fingerprint density at radius 2 is 1.78 bits per heavy atom. The number of likely N-dealkylation sites (tertiary alicyclic amines) is 1. The van der Waals surface area contributed by atoms with Gasteiger partial charge in [-0.15, -0.1) is 29.9 Å². The largest absolute Gasteiger partial charge is 0.490 e. The van der Waals surface area contributed by atoms with Crippen LogP contribution in [0.5, 0.6) is 5.75 Å². The van der Waals surface area contributed by atoms with E-state index in [9.17, 15) is 4.79 Å². The maximum Gasteiger partial charge on any atom is 0.271 e. The number of nitrogens with one attached hydrogen (secondary N) is 1. The molecular weight excluding hydrogens is 495 g/mol. The van der Waals surface area contributed by atoms with E-state index in [2.05, 4.69) is 46.4 Å². The van der Waals surface area contributed by atoms with E-state index in [-0.39, 0.29) is 30.7 Å². The van der Waals surface area contributed by atoms with Gasteiger partial charge in [-0.3, -0.25) is 9.69 Å². The number of unbranched alkanes of at least 4 members (excludes halogenated alkanes) is 1. The number of likely N-dealkylation sites (N-methyl/N-ethyl adjacent to an activating group) is 1. The molecule has 1 aromatic heterocycles. The molecule has 0 unspecified atom stereocenters. The van der Waals surface area contributed by atoms with E-state index in [0.29, 0.717) is 24.4 Å². The molecule has 1 aromatic carbocycles. The summed E-state index contributed by atoms with van der Waals surface area (Å²) in [5.41, 5.74) is 3.39. The predicted molar refractivity (Wildman–Crippen MR) is 151 cm³/mol. The van der Waals surface area contributed by atoms with Gasteiger partial charge in [-0.25, -0.2) is 0 Å². The average Bonchev–Trinajstić information content (AvgIpc) is 3.35. The highest BCUT2D eigenvalue weighted by Crippen LogP contribution is 2.28. The minimum Gasteiger partial charge on any atom is -0.490 e. The number of benzene rings is 1. The first-order valence-electron chi connectivity index (χ1n) is 13.3. The topological polar surface area (TPSA) is 67.4 Å². The molecule has 1 atom stereocenters. The van der Waals surface area contributed by atoms with E-state index in [1.54, 1.807) is 0 Å². The van der Waals surface area contributed by atoms with Gasteiger partial charge in [0, 0.05) is 18.2 Å². The molecule has 200 valence electrons. The van der Waals surface area contributed by atoms with Crippen molar-refractivity contribution in [3.05, 3.63) is 41.7 Å². The van der Waals surface area contributed by atoms with Gasteiger partial charge in [0.15, 0.2) is 5.69 Å². The van der Waals surface area contributed by atoms with Crippen LogP contribution < -0.4 is 10.1 Å². The molecule has 1 N–H and O–H groups in total. The third-order valence-corrected chi connectivity index (χ3v) is 7.29. The average molecular weight is 538 g/mol. The van der Waals surface area contributed by atoms with E-state index in [1.165, 1.54) is 25.7 Å². The minimum absolute atomic E-state index is 0. The highest BCUT2D eigenvalue weighted by molar-refractivity contribution is 5.93. The third-order valence-electron chi connectivity index (χ3n) is 7.29. The van der Waals surface area contributed by atoms with Crippen LogP contribution >= 0.6 is 24.8 Å². The summed E-state index contributed by atoms with van der Waals surface area (Å²) in [5, 5.41) is 11.9. The first-order chi connectivity index (χ1) is 16.7. The number of carbonyl (C=O) groups is 1. The van der Waals surface area contributed by atoms with Crippen molar-refractivity contribution in [2.24, 2.45) is 0 Å². The van der Waals surface area contributed by atoms with Crippen LogP contribution in [0.4, 0.5) is 0 Å². The maximum absolute atomic E-state index is 12.9. The number of aryl methyl sites for hydroxylation is 1. The Kier molecular flexibility index (Phi) is 13.0. The molecule has 4 rings (SSSR count). The van der Waals surface area contributed by atoms with Crippen molar-refractivity contribution >= 4 is 30.7 Å². The van der Waals surface area contributed by atoms with Crippen LogP contribution in [-0.4, -0.2) is 52.8 Å².